The van der Waals surface area contributed by atoms with Gasteiger partial charge in [-0.2, -0.15) is 4.31 Å². The highest BCUT2D eigenvalue weighted by molar-refractivity contribution is 7.89. The minimum Gasteiger partial charge on any atom is -0.336 e. The number of aromatic nitrogens is 1. The first kappa shape index (κ1) is 23.9. The van der Waals surface area contributed by atoms with E-state index in [0.717, 1.165) is 22.4 Å². The van der Waals surface area contributed by atoms with E-state index in [1.54, 1.807) is 13.1 Å². The molecule has 1 aromatic carbocycles. The Balaban J connectivity index is 1.55. The lowest BCUT2D eigenvalue weighted by Gasteiger charge is -2.32. The second-order valence-electron chi connectivity index (χ2n) is 8.38. The molecule has 2 amide bonds. The molecular formula is C23H30N4O4S. The maximum Gasteiger partial charge on any atom is 0.244 e. The molecule has 0 spiro atoms. The average Bonchev–Trinajstić information content (AvgIpc) is 2.76. The molecule has 172 valence electrons. The van der Waals surface area contributed by atoms with Crippen LogP contribution in [0.4, 0.5) is 5.69 Å². The first-order chi connectivity index (χ1) is 15.1. The number of piperidine rings is 1. The molecule has 0 bridgehead atoms. The van der Waals surface area contributed by atoms with E-state index in [9.17, 15) is 18.0 Å². The maximum absolute atomic E-state index is 12.9. The van der Waals surface area contributed by atoms with Crippen LogP contribution >= 0.6 is 0 Å². The van der Waals surface area contributed by atoms with Gasteiger partial charge in [0.25, 0.3) is 0 Å². The number of carbonyl (C=O) groups is 2. The second-order valence-corrected chi connectivity index (χ2v) is 10.3. The van der Waals surface area contributed by atoms with Crippen LogP contribution in [-0.4, -0.2) is 61.1 Å². The number of aryl methyl sites for hydroxylation is 3. The van der Waals surface area contributed by atoms with Gasteiger partial charge in [-0.3, -0.25) is 14.6 Å². The Bertz CT molecular complexity index is 1070. The molecule has 1 fully saturated rings. The van der Waals surface area contributed by atoms with Crippen molar-refractivity contribution >= 4 is 27.5 Å². The summed E-state index contributed by atoms with van der Waals surface area (Å²) in [5.41, 5.74) is 3.86. The number of hydrogen-bond acceptors (Lipinski definition) is 5. The fourth-order valence-corrected chi connectivity index (χ4v) is 5.59. The normalized spacial score (nSPS) is 15.4. The zero-order valence-electron chi connectivity index (χ0n) is 19.0. The first-order valence-corrected chi connectivity index (χ1v) is 12.1. The molecule has 3 rings (SSSR count). The highest BCUT2D eigenvalue weighted by Gasteiger charge is 2.33. The highest BCUT2D eigenvalue weighted by atomic mass is 32.2. The topological polar surface area (TPSA) is 99.7 Å². The smallest absolute Gasteiger partial charge is 0.244 e. The van der Waals surface area contributed by atoms with Crippen molar-refractivity contribution in [1.82, 2.24) is 14.2 Å². The molecule has 0 radical (unpaired) electrons. The Labute approximate surface area is 189 Å². The molecule has 1 aromatic heterocycles. The monoisotopic (exact) mass is 458 g/mol. The van der Waals surface area contributed by atoms with Crippen molar-refractivity contribution in [2.24, 2.45) is 5.92 Å². The van der Waals surface area contributed by atoms with Crippen LogP contribution in [-0.2, 0) is 19.6 Å². The van der Waals surface area contributed by atoms with Gasteiger partial charge in [0.1, 0.15) is 4.90 Å². The number of hydrogen-bond donors (Lipinski definition) is 1. The summed E-state index contributed by atoms with van der Waals surface area (Å²) in [6.07, 6.45) is 3.69. The molecule has 9 heteroatoms. The Hall–Kier alpha value is -2.78. The summed E-state index contributed by atoms with van der Waals surface area (Å²) in [4.78, 5) is 30.9. The molecule has 32 heavy (non-hydrogen) atoms. The van der Waals surface area contributed by atoms with Gasteiger partial charge in [0.05, 0.1) is 6.54 Å². The number of pyridine rings is 1. The highest BCUT2D eigenvalue weighted by Crippen LogP contribution is 2.25. The van der Waals surface area contributed by atoms with E-state index < -0.39 is 10.0 Å². The molecule has 0 saturated carbocycles. The number of amides is 2. The van der Waals surface area contributed by atoms with Gasteiger partial charge < -0.3 is 10.2 Å². The first-order valence-electron chi connectivity index (χ1n) is 10.6. The van der Waals surface area contributed by atoms with Crippen LogP contribution < -0.4 is 5.32 Å². The molecule has 1 saturated heterocycles. The van der Waals surface area contributed by atoms with Gasteiger partial charge in [-0.15, -0.1) is 0 Å². The predicted molar refractivity (Wildman–Crippen MR) is 123 cm³/mol. The van der Waals surface area contributed by atoms with E-state index in [4.69, 9.17) is 0 Å². The molecule has 0 unspecified atom stereocenters. The molecule has 1 N–H and O–H groups in total. The lowest BCUT2D eigenvalue weighted by Crippen LogP contribution is -2.45. The van der Waals surface area contributed by atoms with E-state index in [1.807, 2.05) is 32.9 Å². The molecule has 2 heterocycles. The van der Waals surface area contributed by atoms with Gasteiger partial charge in [-0.1, -0.05) is 17.7 Å². The summed E-state index contributed by atoms with van der Waals surface area (Å²) < 4.78 is 26.9. The van der Waals surface area contributed by atoms with Crippen molar-refractivity contribution in [2.45, 2.75) is 38.5 Å². The quantitative estimate of drug-likeness (QED) is 0.717. The minimum atomic E-state index is -3.61. The second kappa shape index (κ2) is 9.79. The summed E-state index contributed by atoms with van der Waals surface area (Å²) in [6, 6.07) is 7.11. The summed E-state index contributed by atoms with van der Waals surface area (Å²) >= 11 is 0. The fourth-order valence-electron chi connectivity index (χ4n) is 4.15. The van der Waals surface area contributed by atoms with Crippen LogP contribution in [0.5, 0.6) is 0 Å². The largest absolute Gasteiger partial charge is 0.336 e. The third-order valence-corrected chi connectivity index (χ3v) is 7.66. The minimum absolute atomic E-state index is 0.0558. The number of rotatable bonds is 6. The van der Waals surface area contributed by atoms with E-state index in [0.29, 0.717) is 12.8 Å². The number of anilines is 1. The Morgan fingerprint density at radius 2 is 1.78 bits per heavy atom. The lowest BCUT2D eigenvalue weighted by molar-refractivity contribution is -0.138. The van der Waals surface area contributed by atoms with Crippen LogP contribution in [0.25, 0.3) is 0 Å². The van der Waals surface area contributed by atoms with Crippen molar-refractivity contribution in [3.05, 3.63) is 53.3 Å². The molecule has 0 aliphatic carbocycles. The van der Waals surface area contributed by atoms with E-state index in [2.05, 4.69) is 10.3 Å². The molecular weight excluding hydrogens is 428 g/mol. The number of carbonyl (C=O) groups excluding carboxylic acids is 2. The van der Waals surface area contributed by atoms with Crippen LogP contribution in [0.15, 0.2) is 41.6 Å². The third-order valence-electron chi connectivity index (χ3n) is 5.77. The van der Waals surface area contributed by atoms with Gasteiger partial charge in [-0.25, -0.2) is 8.42 Å². The van der Waals surface area contributed by atoms with Crippen LogP contribution in [0.1, 0.15) is 29.5 Å². The van der Waals surface area contributed by atoms with E-state index in [-0.39, 0.29) is 42.3 Å². The van der Waals surface area contributed by atoms with Crippen molar-refractivity contribution in [1.29, 1.82) is 0 Å². The van der Waals surface area contributed by atoms with Crippen LogP contribution in [0.2, 0.25) is 0 Å². The van der Waals surface area contributed by atoms with Gasteiger partial charge in [0.2, 0.25) is 21.8 Å². The SMILES string of the molecule is Cc1cc(C)c(NC(=O)CN(C)C(=O)C2CCN(S(=O)(=O)c3cccnc3)CC2)c(C)c1. The average molecular weight is 459 g/mol. The standard InChI is InChI=1S/C23H30N4O4S/c1-16-12-17(2)22(18(3)13-16)25-21(28)15-26(4)23(29)19-7-10-27(11-8-19)32(30,31)20-6-5-9-24-14-20/h5-6,9,12-14,19H,7-8,10-11,15H2,1-4H3,(H,25,28). The van der Waals surface area contributed by atoms with Gasteiger partial charge in [0, 0.05) is 44.1 Å². The number of sulfonamides is 1. The van der Waals surface area contributed by atoms with Crippen molar-refractivity contribution < 1.29 is 18.0 Å². The van der Waals surface area contributed by atoms with Crippen molar-refractivity contribution in [3.8, 4) is 0 Å². The molecule has 8 nitrogen and oxygen atoms in total. The van der Waals surface area contributed by atoms with Gasteiger partial charge in [0.15, 0.2) is 0 Å². The summed E-state index contributed by atoms with van der Waals surface area (Å²) in [7, 11) is -2.01. The molecule has 1 aliphatic heterocycles. The number of nitrogens with zero attached hydrogens (tertiary/aromatic N) is 3. The van der Waals surface area contributed by atoms with Gasteiger partial charge in [-0.05, 0) is 56.9 Å². The molecule has 1 aliphatic rings. The number of likely N-dealkylation sites (N-methyl/N-ethyl adjacent to an activating group) is 1. The fraction of sp³-hybridized carbons (Fsp3) is 0.435. The summed E-state index contributed by atoms with van der Waals surface area (Å²) in [5, 5.41) is 2.91. The predicted octanol–water partition coefficient (Wildman–Crippen LogP) is 2.50. The third kappa shape index (κ3) is 5.34. The van der Waals surface area contributed by atoms with Crippen molar-refractivity contribution in [3.63, 3.8) is 0 Å². The van der Waals surface area contributed by atoms with Crippen LogP contribution in [0.3, 0.4) is 0 Å². The number of benzene rings is 1. The van der Waals surface area contributed by atoms with E-state index in [1.165, 1.54) is 27.7 Å². The zero-order chi connectivity index (χ0) is 23.5. The Morgan fingerprint density at radius 3 is 2.34 bits per heavy atom. The molecule has 2 aromatic rings. The maximum atomic E-state index is 12.9. The van der Waals surface area contributed by atoms with E-state index >= 15 is 0 Å². The summed E-state index contributed by atoms with van der Waals surface area (Å²) in [6.45, 7) is 6.35. The van der Waals surface area contributed by atoms with Gasteiger partial charge >= 0.3 is 0 Å². The summed E-state index contributed by atoms with van der Waals surface area (Å²) in [5.74, 6) is -0.709. The Kier molecular flexibility index (Phi) is 7.30. The van der Waals surface area contributed by atoms with Crippen molar-refractivity contribution in [2.75, 3.05) is 32.0 Å². The molecule has 0 atom stereocenters. The van der Waals surface area contributed by atoms with Crippen LogP contribution in [0, 0.1) is 26.7 Å². The lowest BCUT2D eigenvalue weighted by atomic mass is 9.96. The Morgan fingerprint density at radius 1 is 1.16 bits per heavy atom. The zero-order valence-corrected chi connectivity index (χ0v) is 19.8. The number of nitrogens with one attached hydrogen (secondary N) is 1.